The minimum atomic E-state index is -3.92. The molecule has 3 aromatic heterocycles. The SMILES string of the molecule is CSCCOC(=O)Nc1ncnc2c1ncn2N(CCNS(=O)(=O)c1nc2ccccc2s1)CC(=O)O. The van der Waals surface area contributed by atoms with E-state index < -0.39 is 28.6 Å². The number of nitrogens with zero attached hydrogens (tertiary/aromatic N) is 6. The summed E-state index contributed by atoms with van der Waals surface area (Å²) in [4.78, 5) is 40.1. The summed E-state index contributed by atoms with van der Waals surface area (Å²) in [7, 11) is -3.92. The maximum atomic E-state index is 12.8. The quantitative estimate of drug-likeness (QED) is 0.210. The van der Waals surface area contributed by atoms with Gasteiger partial charge in [-0.2, -0.15) is 11.8 Å². The number of anilines is 1. The van der Waals surface area contributed by atoms with Crippen LogP contribution in [-0.2, 0) is 19.6 Å². The number of ether oxygens (including phenoxy) is 1. The van der Waals surface area contributed by atoms with E-state index in [-0.39, 0.29) is 41.0 Å². The number of rotatable bonds is 12. The Balaban J connectivity index is 1.49. The first-order valence-electron chi connectivity index (χ1n) is 10.7. The van der Waals surface area contributed by atoms with Crippen LogP contribution in [0.15, 0.2) is 41.3 Å². The highest BCUT2D eigenvalue weighted by molar-refractivity contribution is 7.98. The molecule has 0 bridgehead atoms. The maximum absolute atomic E-state index is 12.8. The van der Waals surface area contributed by atoms with Crippen molar-refractivity contribution in [3.63, 3.8) is 0 Å². The van der Waals surface area contributed by atoms with Crippen molar-refractivity contribution in [3.05, 3.63) is 36.9 Å². The Hall–Kier alpha value is -3.54. The van der Waals surface area contributed by atoms with Gasteiger partial charge in [0.1, 0.15) is 25.8 Å². The van der Waals surface area contributed by atoms with Gasteiger partial charge in [-0.25, -0.2) is 42.5 Å². The fourth-order valence-corrected chi connectivity index (χ4v) is 5.76. The number of carboxylic acid groups (broad SMARTS) is 1. The molecule has 0 atom stereocenters. The molecule has 3 heterocycles. The molecule has 3 N–H and O–H groups in total. The van der Waals surface area contributed by atoms with E-state index in [2.05, 4.69) is 30.0 Å². The largest absolute Gasteiger partial charge is 0.480 e. The number of imidazole rings is 1. The highest BCUT2D eigenvalue weighted by Gasteiger charge is 2.22. The van der Waals surface area contributed by atoms with Gasteiger partial charge in [0, 0.05) is 18.8 Å². The third-order valence-electron chi connectivity index (χ3n) is 4.85. The highest BCUT2D eigenvalue weighted by Crippen LogP contribution is 2.24. The lowest BCUT2D eigenvalue weighted by Gasteiger charge is -2.23. The number of hydrogen-bond donors (Lipinski definition) is 3. The van der Waals surface area contributed by atoms with Gasteiger partial charge in [-0.1, -0.05) is 12.1 Å². The van der Waals surface area contributed by atoms with Crippen molar-refractivity contribution < 1.29 is 27.9 Å². The van der Waals surface area contributed by atoms with Crippen molar-refractivity contribution in [2.24, 2.45) is 0 Å². The molecule has 196 valence electrons. The predicted molar refractivity (Wildman–Crippen MR) is 139 cm³/mol. The minimum absolute atomic E-state index is 0.0363. The molecule has 0 saturated carbocycles. The number of sulfonamides is 1. The summed E-state index contributed by atoms with van der Waals surface area (Å²) >= 11 is 2.56. The molecule has 4 aromatic rings. The van der Waals surface area contributed by atoms with Crippen LogP contribution in [0.3, 0.4) is 0 Å². The number of para-hydroxylation sites is 1. The second-order valence-corrected chi connectivity index (χ2v) is 11.3. The Morgan fingerprint density at radius 1 is 1.24 bits per heavy atom. The Morgan fingerprint density at radius 2 is 2.05 bits per heavy atom. The van der Waals surface area contributed by atoms with Gasteiger partial charge in [0.25, 0.3) is 10.0 Å². The lowest BCUT2D eigenvalue weighted by Crippen LogP contribution is -2.44. The van der Waals surface area contributed by atoms with Crippen molar-refractivity contribution in [3.8, 4) is 0 Å². The van der Waals surface area contributed by atoms with Crippen LogP contribution < -0.4 is 15.0 Å². The summed E-state index contributed by atoms with van der Waals surface area (Å²) in [6.07, 6.45) is 3.67. The molecule has 0 saturated heterocycles. The van der Waals surface area contributed by atoms with Crippen LogP contribution in [0.1, 0.15) is 0 Å². The third kappa shape index (κ3) is 6.43. The Bertz CT molecular complexity index is 1490. The summed E-state index contributed by atoms with van der Waals surface area (Å²) in [6.45, 7) is -0.415. The first-order valence-corrected chi connectivity index (χ1v) is 14.4. The van der Waals surface area contributed by atoms with E-state index in [4.69, 9.17) is 4.74 Å². The molecule has 0 aliphatic heterocycles. The topological polar surface area (TPSA) is 182 Å². The van der Waals surface area contributed by atoms with Gasteiger partial charge in [0.15, 0.2) is 17.0 Å². The zero-order valence-corrected chi connectivity index (χ0v) is 21.8. The number of aliphatic carboxylic acids is 1. The Kier molecular flexibility index (Phi) is 8.37. The standard InChI is InChI=1S/C20H22N8O6S3/c1-35-9-8-34-19(31)26-17-16-18(22-11-21-17)28(12-23-16)27(10-15(29)30)7-6-24-37(32,33)20-25-13-4-2-3-5-14(13)36-20/h2-5,11-12,24H,6-10H2,1H3,(H,29,30)(H,21,22,26,31). The van der Waals surface area contributed by atoms with Gasteiger partial charge in [-0.3, -0.25) is 15.1 Å². The second kappa shape index (κ2) is 11.7. The average Bonchev–Trinajstić information content (AvgIpc) is 3.49. The molecule has 0 unspecified atom stereocenters. The van der Waals surface area contributed by atoms with Gasteiger partial charge in [-0.05, 0) is 18.4 Å². The minimum Gasteiger partial charge on any atom is -0.480 e. The number of thioether (sulfide) groups is 1. The summed E-state index contributed by atoms with van der Waals surface area (Å²) < 4.78 is 35.0. The van der Waals surface area contributed by atoms with E-state index in [9.17, 15) is 23.1 Å². The molecule has 0 aliphatic rings. The lowest BCUT2D eigenvalue weighted by molar-refractivity contribution is -0.135. The molecule has 4 rings (SSSR count). The first kappa shape index (κ1) is 26.5. The Labute approximate surface area is 219 Å². The van der Waals surface area contributed by atoms with Crippen LogP contribution in [-0.4, -0.2) is 88.4 Å². The zero-order chi connectivity index (χ0) is 26.4. The average molecular weight is 567 g/mol. The number of carbonyl (C=O) groups excluding carboxylic acids is 1. The molecule has 14 nitrogen and oxygen atoms in total. The molecular weight excluding hydrogens is 544 g/mol. The predicted octanol–water partition coefficient (Wildman–Crippen LogP) is 1.35. The van der Waals surface area contributed by atoms with Gasteiger partial charge in [0.2, 0.25) is 4.34 Å². The monoisotopic (exact) mass is 566 g/mol. The number of carbonyl (C=O) groups is 2. The second-order valence-electron chi connectivity index (χ2n) is 7.36. The number of carboxylic acids is 1. The van der Waals surface area contributed by atoms with Crippen molar-refractivity contribution in [1.29, 1.82) is 0 Å². The molecule has 1 amide bonds. The highest BCUT2D eigenvalue weighted by atomic mass is 32.2. The number of amides is 1. The van der Waals surface area contributed by atoms with E-state index in [1.807, 2.05) is 6.26 Å². The first-order chi connectivity index (χ1) is 17.8. The molecule has 0 aliphatic carbocycles. The number of hydrogen-bond acceptors (Lipinski definition) is 12. The number of benzene rings is 1. The number of nitrogens with one attached hydrogen (secondary N) is 2. The van der Waals surface area contributed by atoms with Crippen LogP contribution in [0.2, 0.25) is 0 Å². The summed E-state index contributed by atoms with van der Waals surface area (Å²) in [5.74, 6) is -0.431. The van der Waals surface area contributed by atoms with Crippen molar-refractivity contribution >= 4 is 72.4 Å². The molecule has 0 spiro atoms. The number of aromatic nitrogens is 5. The Morgan fingerprint density at radius 3 is 2.81 bits per heavy atom. The molecule has 37 heavy (non-hydrogen) atoms. The smallest absolute Gasteiger partial charge is 0.412 e. The van der Waals surface area contributed by atoms with Crippen LogP contribution in [0.25, 0.3) is 21.4 Å². The molecule has 0 radical (unpaired) electrons. The summed E-state index contributed by atoms with van der Waals surface area (Å²) in [5, 5.41) is 13.3. The van der Waals surface area contributed by atoms with Crippen LogP contribution in [0.4, 0.5) is 10.6 Å². The van der Waals surface area contributed by atoms with Crippen LogP contribution >= 0.6 is 23.1 Å². The normalized spacial score (nSPS) is 11.6. The molecular formula is C20H22N8O6S3. The fourth-order valence-electron chi connectivity index (χ4n) is 3.23. The summed E-state index contributed by atoms with van der Waals surface area (Å²) in [5.41, 5.74) is 0.988. The van der Waals surface area contributed by atoms with E-state index in [1.165, 1.54) is 34.1 Å². The van der Waals surface area contributed by atoms with Gasteiger partial charge in [0.05, 0.1) is 10.2 Å². The molecule has 17 heteroatoms. The lowest BCUT2D eigenvalue weighted by atomic mass is 10.3. The van der Waals surface area contributed by atoms with E-state index >= 15 is 0 Å². The van der Waals surface area contributed by atoms with E-state index in [0.717, 1.165) is 16.0 Å². The zero-order valence-electron chi connectivity index (χ0n) is 19.4. The maximum Gasteiger partial charge on any atom is 0.412 e. The van der Waals surface area contributed by atoms with Crippen LogP contribution in [0, 0.1) is 0 Å². The molecule has 0 fully saturated rings. The van der Waals surface area contributed by atoms with Crippen molar-refractivity contribution in [2.75, 3.05) is 48.6 Å². The summed E-state index contributed by atoms with van der Waals surface area (Å²) in [6, 6.07) is 7.06. The van der Waals surface area contributed by atoms with Crippen molar-refractivity contribution in [1.82, 2.24) is 29.3 Å². The van der Waals surface area contributed by atoms with Gasteiger partial charge in [-0.15, -0.1) is 11.3 Å². The van der Waals surface area contributed by atoms with E-state index in [1.54, 1.807) is 24.3 Å². The van der Waals surface area contributed by atoms with E-state index in [0.29, 0.717) is 11.3 Å². The van der Waals surface area contributed by atoms with Crippen molar-refractivity contribution in [2.45, 2.75) is 4.34 Å². The third-order valence-corrected chi connectivity index (χ3v) is 8.30. The number of fused-ring (bicyclic) bond motifs is 2. The van der Waals surface area contributed by atoms with Crippen LogP contribution in [0.5, 0.6) is 0 Å². The molecule has 1 aromatic carbocycles. The van der Waals surface area contributed by atoms with Gasteiger partial charge >= 0.3 is 12.1 Å². The van der Waals surface area contributed by atoms with Gasteiger partial charge < -0.3 is 9.84 Å². The fraction of sp³-hybridized carbons (Fsp3) is 0.300. The number of thiazole rings is 1.